The summed E-state index contributed by atoms with van der Waals surface area (Å²) in [4.78, 5) is 31.8. The van der Waals surface area contributed by atoms with E-state index in [0.717, 1.165) is 71.3 Å². The average molecular weight is 503 g/mol. The molecule has 3 aromatic rings. The van der Waals surface area contributed by atoms with Crippen molar-refractivity contribution in [2.45, 2.75) is 76.4 Å². The first kappa shape index (κ1) is 23.9. The van der Waals surface area contributed by atoms with Crippen molar-refractivity contribution in [2.75, 3.05) is 13.3 Å². The second-order valence-corrected chi connectivity index (χ2v) is 11.6. The normalized spacial score (nSPS) is 20.2. The van der Waals surface area contributed by atoms with Crippen LogP contribution in [0.15, 0.2) is 42.5 Å². The van der Waals surface area contributed by atoms with Crippen molar-refractivity contribution in [1.29, 1.82) is 0 Å². The highest BCUT2D eigenvalue weighted by Gasteiger charge is 2.50. The van der Waals surface area contributed by atoms with Crippen LogP contribution in [0, 0.1) is 0 Å². The Morgan fingerprint density at radius 1 is 1.05 bits per heavy atom. The highest BCUT2D eigenvalue weighted by Crippen LogP contribution is 2.51. The van der Waals surface area contributed by atoms with Gasteiger partial charge in [-0.05, 0) is 94.3 Å². The van der Waals surface area contributed by atoms with E-state index in [-0.39, 0.29) is 24.7 Å². The van der Waals surface area contributed by atoms with Crippen molar-refractivity contribution in [3.8, 4) is 11.5 Å². The number of H-pyrrole nitrogens is 1. The van der Waals surface area contributed by atoms with Crippen LogP contribution in [0.3, 0.4) is 0 Å². The van der Waals surface area contributed by atoms with Crippen LogP contribution in [-0.2, 0) is 21.4 Å². The molecule has 2 aliphatic heterocycles. The number of likely N-dealkylation sites (tertiary alicyclic amines) is 1. The van der Waals surface area contributed by atoms with Crippen LogP contribution in [0.4, 0.5) is 4.79 Å². The van der Waals surface area contributed by atoms with E-state index < -0.39 is 11.0 Å². The maximum atomic E-state index is 13.5. The first-order valence-electron chi connectivity index (χ1n) is 13.3. The number of amides is 1. The van der Waals surface area contributed by atoms with Gasteiger partial charge in [-0.3, -0.25) is 9.69 Å². The van der Waals surface area contributed by atoms with Gasteiger partial charge in [-0.25, -0.2) is 4.79 Å². The summed E-state index contributed by atoms with van der Waals surface area (Å²) >= 11 is 0. The number of rotatable bonds is 5. The van der Waals surface area contributed by atoms with E-state index in [9.17, 15) is 9.59 Å². The molecule has 1 unspecified atom stereocenters. The number of hydrogen-bond donors (Lipinski definition) is 1. The maximum Gasteiger partial charge on any atom is 0.410 e. The van der Waals surface area contributed by atoms with Gasteiger partial charge < -0.3 is 19.2 Å². The van der Waals surface area contributed by atoms with E-state index >= 15 is 0 Å². The number of Topliss-reactive ketones (excluding diaryl/α,β-unsaturated/α-hetero) is 1. The molecule has 1 N–H and O–H groups in total. The van der Waals surface area contributed by atoms with E-state index in [1.165, 1.54) is 0 Å². The number of carbonyl (C=O) groups is 2. The fourth-order valence-corrected chi connectivity index (χ4v) is 5.69. The third-order valence-corrected chi connectivity index (χ3v) is 7.77. The summed E-state index contributed by atoms with van der Waals surface area (Å²) in [6, 6.07) is 14.1. The van der Waals surface area contributed by atoms with Gasteiger partial charge in [0.15, 0.2) is 11.5 Å². The van der Waals surface area contributed by atoms with Gasteiger partial charge in [0.2, 0.25) is 6.79 Å². The van der Waals surface area contributed by atoms with Crippen LogP contribution in [0.2, 0.25) is 0 Å². The molecule has 1 amide bonds. The highest BCUT2D eigenvalue weighted by atomic mass is 16.7. The minimum atomic E-state index is -0.527. The number of benzene rings is 2. The highest BCUT2D eigenvalue weighted by molar-refractivity contribution is 5.95. The Balaban J connectivity index is 1.21. The van der Waals surface area contributed by atoms with Crippen LogP contribution in [0.5, 0.6) is 11.5 Å². The molecule has 0 bridgehead atoms. The van der Waals surface area contributed by atoms with Gasteiger partial charge in [-0.15, -0.1) is 0 Å². The quantitative estimate of drug-likeness (QED) is 0.449. The van der Waals surface area contributed by atoms with Gasteiger partial charge in [0.1, 0.15) is 11.4 Å². The Hall–Kier alpha value is -3.48. The summed E-state index contributed by atoms with van der Waals surface area (Å²) in [7, 11) is 0. The van der Waals surface area contributed by atoms with E-state index in [2.05, 4.69) is 17.1 Å². The lowest BCUT2D eigenvalue weighted by molar-refractivity contribution is -0.120. The Kier molecular flexibility index (Phi) is 5.70. The van der Waals surface area contributed by atoms with Crippen molar-refractivity contribution in [1.82, 2.24) is 9.88 Å². The molecule has 2 aromatic carbocycles. The van der Waals surface area contributed by atoms with Crippen molar-refractivity contribution in [3.05, 3.63) is 59.3 Å². The van der Waals surface area contributed by atoms with Gasteiger partial charge in [-0.1, -0.05) is 12.1 Å². The van der Waals surface area contributed by atoms with Gasteiger partial charge in [0.05, 0.1) is 11.5 Å². The number of aromatic nitrogens is 1. The molecule has 3 heterocycles. The molecule has 1 atom stereocenters. The number of nitrogens with one attached hydrogen (secondary N) is 1. The number of fused-ring (bicyclic) bond motifs is 2. The van der Waals surface area contributed by atoms with E-state index in [4.69, 9.17) is 14.2 Å². The number of aromatic amines is 1. The third-order valence-electron chi connectivity index (χ3n) is 7.77. The van der Waals surface area contributed by atoms with E-state index in [0.29, 0.717) is 13.0 Å². The second kappa shape index (κ2) is 8.82. The molecular weight excluding hydrogens is 468 g/mol. The Bertz CT molecular complexity index is 1360. The smallest absolute Gasteiger partial charge is 0.410 e. The molecule has 194 valence electrons. The monoisotopic (exact) mass is 502 g/mol. The summed E-state index contributed by atoms with van der Waals surface area (Å²) in [5.74, 6) is 1.70. The Morgan fingerprint density at radius 2 is 1.86 bits per heavy atom. The maximum absolute atomic E-state index is 13.5. The molecule has 6 rings (SSSR count). The first-order valence-corrected chi connectivity index (χ1v) is 13.3. The number of carbonyl (C=O) groups excluding carboxylic acids is 2. The fraction of sp³-hybridized carbons (Fsp3) is 0.467. The zero-order valence-electron chi connectivity index (χ0n) is 21.8. The minimum absolute atomic E-state index is 0.0400. The molecule has 37 heavy (non-hydrogen) atoms. The lowest BCUT2D eigenvalue weighted by Crippen LogP contribution is -2.42. The van der Waals surface area contributed by atoms with Crippen molar-refractivity contribution < 1.29 is 23.8 Å². The van der Waals surface area contributed by atoms with Crippen LogP contribution >= 0.6 is 0 Å². The third kappa shape index (κ3) is 4.56. The molecule has 0 spiro atoms. The molecule has 7 nitrogen and oxygen atoms in total. The number of nitrogens with zero attached hydrogens (tertiary/aromatic N) is 1. The molecule has 0 radical (unpaired) electrons. The van der Waals surface area contributed by atoms with E-state index in [1.54, 1.807) is 0 Å². The summed E-state index contributed by atoms with van der Waals surface area (Å²) in [5.41, 5.74) is 3.10. The van der Waals surface area contributed by atoms with Crippen molar-refractivity contribution in [2.24, 2.45) is 0 Å². The van der Waals surface area contributed by atoms with Crippen LogP contribution in [-0.4, -0.2) is 40.7 Å². The largest absolute Gasteiger partial charge is 0.454 e. The summed E-state index contributed by atoms with van der Waals surface area (Å²) in [6.07, 6.45) is 4.80. The molecule has 1 aromatic heterocycles. The standard InChI is InChI=1S/C30H34N2O5/c1-29(2,3)37-28(34)32-13-5-4-6-24(32)23-16-20-14-19(7-9-22(20)31-23)15-27(33)30(11-12-30)21-8-10-25-26(17-21)36-18-35-25/h7-10,14,16-17,24,31H,4-6,11-13,15,18H2,1-3H3. The minimum Gasteiger partial charge on any atom is -0.454 e. The van der Waals surface area contributed by atoms with Crippen LogP contribution < -0.4 is 9.47 Å². The Morgan fingerprint density at radius 3 is 2.65 bits per heavy atom. The molecule has 1 aliphatic carbocycles. The van der Waals surface area contributed by atoms with Gasteiger partial charge >= 0.3 is 6.09 Å². The first-order chi connectivity index (χ1) is 17.7. The molecular formula is C30H34N2O5. The van der Waals surface area contributed by atoms with Gasteiger partial charge in [-0.2, -0.15) is 0 Å². The fourth-order valence-electron chi connectivity index (χ4n) is 5.69. The predicted molar refractivity (Wildman–Crippen MR) is 140 cm³/mol. The SMILES string of the molecule is CC(C)(C)OC(=O)N1CCCCC1c1cc2cc(CC(=O)C3(c4ccc5c(c4)OCO5)CC3)ccc2[nH]1. The zero-order valence-corrected chi connectivity index (χ0v) is 21.8. The average Bonchev–Trinajstić information content (AvgIpc) is 3.35. The molecule has 3 aliphatic rings. The molecule has 1 saturated heterocycles. The number of ketones is 1. The number of piperidine rings is 1. The lowest BCUT2D eigenvalue weighted by atomic mass is 9.87. The summed E-state index contributed by atoms with van der Waals surface area (Å²) < 4.78 is 16.7. The topological polar surface area (TPSA) is 80.9 Å². The molecule has 2 fully saturated rings. The van der Waals surface area contributed by atoms with Gasteiger partial charge in [0.25, 0.3) is 0 Å². The van der Waals surface area contributed by atoms with Crippen molar-refractivity contribution in [3.63, 3.8) is 0 Å². The zero-order chi connectivity index (χ0) is 25.8. The van der Waals surface area contributed by atoms with Crippen LogP contribution in [0.1, 0.15) is 75.7 Å². The predicted octanol–water partition coefficient (Wildman–Crippen LogP) is 6.20. The van der Waals surface area contributed by atoms with E-state index in [1.807, 2.05) is 56.0 Å². The lowest BCUT2D eigenvalue weighted by Gasteiger charge is -2.36. The van der Waals surface area contributed by atoms with Gasteiger partial charge in [0, 0.05) is 29.6 Å². The summed E-state index contributed by atoms with van der Waals surface area (Å²) in [6.45, 7) is 6.61. The number of ether oxygens (including phenoxy) is 3. The molecule has 1 saturated carbocycles. The second-order valence-electron chi connectivity index (χ2n) is 11.6. The number of hydrogen-bond acceptors (Lipinski definition) is 5. The molecule has 7 heteroatoms. The van der Waals surface area contributed by atoms with Crippen molar-refractivity contribution >= 4 is 22.8 Å². The Labute approximate surface area is 217 Å². The van der Waals surface area contributed by atoms with Crippen LogP contribution in [0.25, 0.3) is 10.9 Å². The summed E-state index contributed by atoms with van der Waals surface area (Å²) in [5, 5.41) is 1.06.